The van der Waals surface area contributed by atoms with Crippen molar-refractivity contribution < 1.29 is 9.90 Å². The molecule has 7 heteroatoms. The number of aliphatic hydroxyl groups is 1. The second-order valence-electron chi connectivity index (χ2n) is 6.85. The number of hydrogen-bond acceptors (Lipinski definition) is 5. The molecule has 1 atom stereocenters. The van der Waals surface area contributed by atoms with Crippen LogP contribution in [0.5, 0.6) is 0 Å². The number of nitrogens with zero attached hydrogens (tertiary/aromatic N) is 4. The van der Waals surface area contributed by atoms with E-state index in [9.17, 15) is 9.90 Å². The van der Waals surface area contributed by atoms with Gasteiger partial charge in [-0.1, -0.05) is 13.0 Å². The van der Waals surface area contributed by atoms with E-state index in [0.717, 1.165) is 31.0 Å². The summed E-state index contributed by atoms with van der Waals surface area (Å²) < 4.78 is 2.00. The maximum absolute atomic E-state index is 12.2. The van der Waals surface area contributed by atoms with Crippen LogP contribution in [-0.2, 0) is 17.8 Å². The summed E-state index contributed by atoms with van der Waals surface area (Å²) in [4.78, 5) is 22.9. The van der Waals surface area contributed by atoms with Crippen LogP contribution >= 0.6 is 0 Å². The maximum Gasteiger partial charge on any atom is 0.221 e. The average Bonchev–Trinajstić information content (AvgIpc) is 3.13. The highest BCUT2D eigenvalue weighted by atomic mass is 16.3. The Morgan fingerprint density at radius 3 is 3.00 bits per heavy atom. The largest absolute Gasteiger partial charge is 0.386 e. The van der Waals surface area contributed by atoms with Crippen molar-refractivity contribution in [3.05, 3.63) is 42.6 Å². The molecule has 2 aromatic heterocycles. The molecule has 0 aliphatic carbocycles. The number of aryl methyl sites for hydroxylation is 2. The zero-order valence-electron chi connectivity index (χ0n) is 15.3. The molecule has 140 valence electrons. The van der Waals surface area contributed by atoms with Gasteiger partial charge in [0.05, 0.1) is 5.60 Å². The topological polar surface area (TPSA) is 83.3 Å². The number of nitrogens with one attached hydrogen (secondary N) is 1. The monoisotopic (exact) mass is 357 g/mol. The van der Waals surface area contributed by atoms with Crippen LogP contribution in [0.4, 0.5) is 5.82 Å². The Morgan fingerprint density at radius 2 is 2.23 bits per heavy atom. The number of carbonyl (C=O) groups excluding carboxylic acids is 1. The molecule has 7 nitrogen and oxygen atoms in total. The Kier molecular flexibility index (Phi) is 5.88. The molecule has 0 saturated carbocycles. The van der Waals surface area contributed by atoms with Crippen LogP contribution in [0.1, 0.15) is 32.0 Å². The van der Waals surface area contributed by atoms with Gasteiger partial charge in [0, 0.05) is 57.6 Å². The second-order valence-corrected chi connectivity index (χ2v) is 6.85. The van der Waals surface area contributed by atoms with Crippen molar-refractivity contribution in [1.82, 2.24) is 19.9 Å². The molecule has 2 N–H and O–H groups in total. The van der Waals surface area contributed by atoms with Gasteiger partial charge in [0.25, 0.3) is 0 Å². The molecular formula is C19H27N5O2. The van der Waals surface area contributed by atoms with Gasteiger partial charge in [-0.2, -0.15) is 0 Å². The lowest BCUT2D eigenvalue weighted by Crippen LogP contribution is -2.54. The second kappa shape index (κ2) is 8.31. The molecule has 1 fully saturated rings. The minimum atomic E-state index is -0.922. The number of piperidine rings is 1. The van der Waals surface area contributed by atoms with E-state index in [1.165, 1.54) is 0 Å². The number of carbonyl (C=O) groups is 1. The van der Waals surface area contributed by atoms with E-state index >= 15 is 0 Å². The van der Waals surface area contributed by atoms with E-state index < -0.39 is 5.60 Å². The van der Waals surface area contributed by atoms with Crippen LogP contribution in [-0.4, -0.2) is 50.8 Å². The van der Waals surface area contributed by atoms with Crippen LogP contribution in [0.3, 0.4) is 0 Å². The van der Waals surface area contributed by atoms with Gasteiger partial charge in [-0.05, 0) is 25.0 Å². The third-order valence-electron chi connectivity index (χ3n) is 4.84. The molecule has 3 rings (SSSR count). The minimum Gasteiger partial charge on any atom is -0.386 e. The van der Waals surface area contributed by atoms with Gasteiger partial charge in [-0.3, -0.25) is 4.79 Å². The fourth-order valence-corrected chi connectivity index (χ4v) is 3.42. The van der Waals surface area contributed by atoms with Crippen molar-refractivity contribution in [2.45, 2.75) is 44.8 Å². The van der Waals surface area contributed by atoms with E-state index in [1.807, 2.05) is 35.9 Å². The van der Waals surface area contributed by atoms with E-state index in [4.69, 9.17) is 0 Å². The molecule has 0 bridgehead atoms. The molecule has 2 aromatic rings. The molecule has 1 aliphatic rings. The van der Waals surface area contributed by atoms with Gasteiger partial charge in [0.2, 0.25) is 5.91 Å². The highest BCUT2D eigenvalue weighted by Crippen LogP contribution is 2.24. The quantitative estimate of drug-likeness (QED) is 0.782. The van der Waals surface area contributed by atoms with Crippen LogP contribution in [0.15, 0.2) is 36.8 Å². The third-order valence-corrected chi connectivity index (χ3v) is 4.84. The summed E-state index contributed by atoms with van der Waals surface area (Å²) in [5.41, 5.74) is -0.922. The molecule has 3 heterocycles. The van der Waals surface area contributed by atoms with E-state index in [0.29, 0.717) is 25.9 Å². The number of aromatic nitrogens is 3. The number of amides is 1. The first-order chi connectivity index (χ1) is 12.6. The number of rotatable bonds is 7. The number of anilines is 1. The predicted molar refractivity (Wildman–Crippen MR) is 99.9 cm³/mol. The Bertz CT molecular complexity index is 718. The van der Waals surface area contributed by atoms with Crippen molar-refractivity contribution in [2.75, 3.05) is 24.5 Å². The zero-order valence-corrected chi connectivity index (χ0v) is 15.3. The fourth-order valence-electron chi connectivity index (χ4n) is 3.42. The van der Waals surface area contributed by atoms with E-state index in [2.05, 4.69) is 20.2 Å². The molecule has 1 saturated heterocycles. The average molecular weight is 357 g/mol. The molecule has 26 heavy (non-hydrogen) atoms. The molecule has 1 amide bonds. The SMILES string of the molecule is CCc1nccn1CCC(=O)NC[C@]1(O)CCCN(c2ccccn2)C1. The predicted octanol–water partition coefficient (Wildman–Crippen LogP) is 1.38. The summed E-state index contributed by atoms with van der Waals surface area (Å²) in [5.74, 6) is 1.79. The smallest absolute Gasteiger partial charge is 0.221 e. The summed E-state index contributed by atoms with van der Waals surface area (Å²) in [6.45, 7) is 4.26. The van der Waals surface area contributed by atoms with Crippen LogP contribution in [0.2, 0.25) is 0 Å². The Morgan fingerprint density at radius 1 is 1.35 bits per heavy atom. The van der Waals surface area contributed by atoms with Crippen molar-refractivity contribution in [3.63, 3.8) is 0 Å². The first kappa shape index (κ1) is 18.4. The van der Waals surface area contributed by atoms with Crippen molar-refractivity contribution in [3.8, 4) is 0 Å². The lowest BCUT2D eigenvalue weighted by Gasteiger charge is -2.39. The van der Waals surface area contributed by atoms with Crippen LogP contribution in [0.25, 0.3) is 0 Å². The highest BCUT2D eigenvalue weighted by molar-refractivity contribution is 5.75. The van der Waals surface area contributed by atoms with Gasteiger partial charge in [0.1, 0.15) is 11.6 Å². The van der Waals surface area contributed by atoms with Crippen molar-refractivity contribution in [2.24, 2.45) is 0 Å². The third kappa shape index (κ3) is 4.60. The zero-order chi connectivity index (χ0) is 18.4. The van der Waals surface area contributed by atoms with Gasteiger partial charge in [0.15, 0.2) is 0 Å². The lowest BCUT2D eigenvalue weighted by atomic mass is 9.92. The summed E-state index contributed by atoms with van der Waals surface area (Å²) in [6, 6.07) is 5.77. The van der Waals surface area contributed by atoms with Crippen LogP contribution < -0.4 is 10.2 Å². The molecule has 0 aromatic carbocycles. The molecular weight excluding hydrogens is 330 g/mol. The normalized spacial score (nSPS) is 20.2. The molecule has 0 radical (unpaired) electrons. The lowest BCUT2D eigenvalue weighted by molar-refractivity contribution is -0.122. The van der Waals surface area contributed by atoms with E-state index in [1.54, 1.807) is 12.4 Å². The van der Waals surface area contributed by atoms with Crippen molar-refractivity contribution >= 4 is 11.7 Å². The van der Waals surface area contributed by atoms with Gasteiger partial charge in [-0.25, -0.2) is 9.97 Å². The Labute approximate surface area is 154 Å². The maximum atomic E-state index is 12.2. The number of β-amino-alcohol motifs (C(OH)–C–C–N with tert-alkyl or cyclic N) is 1. The summed E-state index contributed by atoms with van der Waals surface area (Å²) in [5, 5.41) is 13.8. The summed E-state index contributed by atoms with van der Waals surface area (Å²) >= 11 is 0. The highest BCUT2D eigenvalue weighted by Gasteiger charge is 2.34. The summed E-state index contributed by atoms with van der Waals surface area (Å²) in [7, 11) is 0. The molecule has 0 spiro atoms. The number of hydrogen-bond donors (Lipinski definition) is 2. The summed E-state index contributed by atoms with van der Waals surface area (Å²) in [6.07, 6.45) is 8.18. The number of imidazole rings is 1. The first-order valence-electron chi connectivity index (χ1n) is 9.25. The molecule has 1 aliphatic heterocycles. The Hall–Kier alpha value is -2.41. The Balaban J connectivity index is 1.49. The van der Waals surface area contributed by atoms with Gasteiger partial charge in [-0.15, -0.1) is 0 Å². The van der Waals surface area contributed by atoms with Crippen LogP contribution in [0, 0.1) is 0 Å². The minimum absolute atomic E-state index is 0.0517. The van der Waals surface area contributed by atoms with Crippen molar-refractivity contribution in [1.29, 1.82) is 0 Å². The number of pyridine rings is 1. The van der Waals surface area contributed by atoms with Gasteiger partial charge < -0.3 is 19.9 Å². The first-order valence-corrected chi connectivity index (χ1v) is 9.25. The molecule has 0 unspecified atom stereocenters. The standard InChI is InChI=1S/C19H27N5O2/c1-2-16-21-10-13-23(16)12-7-18(25)22-14-19(26)8-5-11-24(15-19)17-6-3-4-9-20-17/h3-4,6,9-10,13,26H,2,5,7-8,11-12,14-15H2,1H3,(H,22,25)/t19-/m1/s1. The van der Waals surface area contributed by atoms with E-state index in [-0.39, 0.29) is 12.5 Å². The fraction of sp³-hybridized carbons (Fsp3) is 0.526. The van der Waals surface area contributed by atoms with Gasteiger partial charge >= 0.3 is 0 Å².